The highest BCUT2D eigenvalue weighted by molar-refractivity contribution is 6.12. The number of hydrogen-bond donors (Lipinski definition) is 1. The van der Waals surface area contributed by atoms with Crippen LogP contribution in [0.5, 0.6) is 5.75 Å². The third-order valence-electron chi connectivity index (χ3n) is 4.87. The van der Waals surface area contributed by atoms with Gasteiger partial charge in [0.25, 0.3) is 5.91 Å². The second kappa shape index (κ2) is 7.76. The number of carbonyl (C=O) groups excluding carboxylic acids is 1. The van der Waals surface area contributed by atoms with Gasteiger partial charge in [-0.25, -0.2) is 4.79 Å². The van der Waals surface area contributed by atoms with Crippen molar-refractivity contribution in [1.82, 2.24) is 0 Å². The number of nitrogens with zero attached hydrogens (tertiary/aromatic N) is 1. The Kier molecular flexibility index (Phi) is 5.02. The van der Waals surface area contributed by atoms with Crippen molar-refractivity contribution in [2.24, 2.45) is 0 Å². The third kappa shape index (κ3) is 3.71. The van der Waals surface area contributed by atoms with Gasteiger partial charge in [-0.2, -0.15) is 0 Å². The first-order chi connectivity index (χ1) is 13.6. The minimum Gasteiger partial charge on any atom is -0.494 e. The van der Waals surface area contributed by atoms with Crippen LogP contribution in [0, 0.1) is 0 Å². The maximum absolute atomic E-state index is 12.8. The van der Waals surface area contributed by atoms with Crippen molar-refractivity contribution in [3.63, 3.8) is 0 Å². The van der Waals surface area contributed by atoms with Crippen LogP contribution >= 0.6 is 0 Å². The van der Waals surface area contributed by atoms with Crippen LogP contribution in [0.1, 0.15) is 30.1 Å². The average molecular weight is 378 g/mol. The molecule has 1 N–H and O–H groups in total. The standard InChI is InChI=1S/C22H22N2O4/c1-2-27-17-9-10-18-19(14-21(25)28-20(18)13-17)22(26)23-15-5-7-16(8-6-15)24-11-3-4-12-24/h5-10,13-14H,2-4,11-12H2,1H3,(H,23,26). The SMILES string of the molecule is CCOc1ccc2c(C(=O)Nc3ccc(N4CCCC4)cc3)cc(=O)oc2c1. The lowest BCUT2D eigenvalue weighted by Crippen LogP contribution is -2.18. The summed E-state index contributed by atoms with van der Waals surface area (Å²) in [5, 5.41) is 3.43. The number of nitrogens with one attached hydrogen (secondary N) is 1. The Balaban J connectivity index is 1.59. The molecule has 0 bridgehead atoms. The molecule has 1 aliphatic heterocycles. The van der Waals surface area contributed by atoms with Crippen LogP contribution < -0.4 is 20.6 Å². The number of anilines is 2. The van der Waals surface area contributed by atoms with E-state index in [1.165, 1.54) is 18.9 Å². The van der Waals surface area contributed by atoms with Crippen molar-refractivity contribution in [2.45, 2.75) is 19.8 Å². The lowest BCUT2D eigenvalue weighted by molar-refractivity contribution is 0.102. The van der Waals surface area contributed by atoms with Crippen molar-refractivity contribution in [3.8, 4) is 5.75 Å². The van der Waals surface area contributed by atoms with E-state index in [0.29, 0.717) is 29.0 Å². The molecule has 2 aromatic carbocycles. The highest BCUT2D eigenvalue weighted by Gasteiger charge is 2.15. The molecule has 2 heterocycles. The number of benzene rings is 2. The molecule has 28 heavy (non-hydrogen) atoms. The normalized spacial score (nSPS) is 13.7. The summed E-state index contributed by atoms with van der Waals surface area (Å²) in [5.74, 6) is 0.240. The van der Waals surface area contributed by atoms with Crippen molar-refractivity contribution in [2.75, 3.05) is 29.9 Å². The molecule has 0 saturated carbocycles. The molecule has 0 radical (unpaired) electrons. The summed E-state index contributed by atoms with van der Waals surface area (Å²) < 4.78 is 10.7. The number of carbonyl (C=O) groups is 1. The predicted molar refractivity (Wildman–Crippen MR) is 109 cm³/mol. The third-order valence-corrected chi connectivity index (χ3v) is 4.87. The zero-order chi connectivity index (χ0) is 19.5. The molecule has 1 aromatic heterocycles. The molecule has 6 heteroatoms. The van der Waals surface area contributed by atoms with Crippen LogP contribution in [0.4, 0.5) is 11.4 Å². The summed E-state index contributed by atoms with van der Waals surface area (Å²) in [6.07, 6.45) is 2.43. The maximum atomic E-state index is 12.8. The Morgan fingerprint density at radius 2 is 1.86 bits per heavy atom. The highest BCUT2D eigenvalue weighted by Crippen LogP contribution is 2.25. The van der Waals surface area contributed by atoms with Crippen LogP contribution in [-0.2, 0) is 0 Å². The van der Waals surface area contributed by atoms with Crippen LogP contribution in [0.2, 0.25) is 0 Å². The molecule has 1 saturated heterocycles. The first kappa shape index (κ1) is 18.1. The molecule has 1 fully saturated rings. The summed E-state index contributed by atoms with van der Waals surface area (Å²) in [6, 6.07) is 14.1. The fourth-order valence-electron chi connectivity index (χ4n) is 3.52. The predicted octanol–water partition coefficient (Wildman–Crippen LogP) is 4.04. The molecular formula is C22H22N2O4. The molecule has 0 spiro atoms. The van der Waals surface area contributed by atoms with Crippen LogP contribution in [0.15, 0.2) is 57.7 Å². The fourth-order valence-corrected chi connectivity index (χ4v) is 3.52. The summed E-state index contributed by atoms with van der Waals surface area (Å²) in [6.45, 7) is 4.52. The van der Waals surface area contributed by atoms with E-state index in [0.717, 1.165) is 18.8 Å². The number of rotatable bonds is 5. The van der Waals surface area contributed by atoms with Gasteiger partial charge in [-0.1, -0.05) is 0 Å². The van der Waals surface area contributed by atoms with Crippen molar-refractivity contribution < 1.29 is 13.9 Å². The quantitative estimate of drug-likeness (QED) is 0.679. The first-order valence-electron chi connectivity index (χ1n) is 9.51. The minimum absolute atomic E-state index is 0.276. The van der Waals surface area contributed by atoms with Gasteiger partial charge in [0.05, 0.1) is 12.2 Å². The summed E-state index contributed by atoms with van der Waals surface area (Å²) in [4.78, 5) is 27.1. The summed E-state index contributed by atoms with van der Waals surface area (Å²) in [7, 11) is 0. The zero-order valence-corrected chi connectivity index (χ0v) is 15.7. The molecule has 6 nitrogen and oxygen atoms in total. The van der Waals surface area contributed by atoms with Crippen molar-refractivity contribution in [1.29, 1.82) is 0 Å². The lowest BCUT2D eigenvalue weighted by atomic mass is 10.1. The Labute approximate surface area is 162 Å². The molecule has 1 amide bonds. The number of ether oxygens (including phenoxy) is 1. The van der Waals surface area contributed by atoms with E-state index in [-0.39, 0.29) is 11.5 Å². The van der Waals surface area contributed by atoms with E-state index in [2.05, 4.69) is 10.2 Å². The Bertz CT molecular complexity index is 1050. The monoisotopic (exact) mass is 378 g/mol. The maximum Gasteiger partial charge on any atom is 0.337 e. The van der Waals surface area contributed by atoms with E-state index < -0.39 is 5.63 Å². The summed E-state index contributed by atoms with van der Waals surface area (Å²) in [5.41, 5.74) is 1.87. The average Bonchev–Trinajstić information content (AvgIpc) is 3.22. The van der Waals surface area contributed by atoms with Crippen LogP contribution in [0.3, 0.4) is 0 Å². The Hall–Kier alpha value is -3.28. The van der Waals surface area contributed by atoms with E-state index in [4.69, 9.17) is 9.15 Å². The highest BCUT2D eigenvalue weighted by atomic mass is 16.5. The van der Waals surface area contributed by atoms with Gasteiger partial charge < -0.3 is 19.4 Å². The smallest absolute Gasteiger partial charge is 0.337 e. The molecule has 0 aliphatic carbocycles. The van der Waals surface area contributed by atoms with Gasteiger partial charge in [0, 0.05) is 42.0 Å². The second-order valence-electron chi connectivity index (χ2n) is 6.77. The number of fused-ring (bicyclic) bond motifs is 1. The van der Waals surface area contributed by atoms with Gasteiger partial charge in [0.2, 0.25) is 0 Å². The van der Waals surface area contributed by atoms with Gasteiger partial charge in [-0.15, -0.1) is 0 Å². The molecule has 144 valence electrons. The molecule has 4 rings (SSSR count). The first-order valence-corrected chi connectivity index (χ1v) is 9.51. The van der Waals surface area contributed by atoms with E-state index in [9.17, 15) is 9.59 Å². The van der Waals surface area contributed by atoms with E-state index >= 15 is 0 Å². The Morgan fingerprint density at radius 3 is 2.57 bits per heavy atom. The summed E-state index contributed by atoms with van der Waals surface area (Å²) >= 11 is 0. The largest absolute Gasteiger partial charge is 0.494 e. The van der Waals surface area contributed by atoms with E-state index in [1.807, 2.05) is 31.2 Å². The van der Waals surface area contributed by atoms with Crippen LogP contribution in [-0.4, -0.2) is 25.6 Å². The molecular weight excluding hydrogens is 356 g/mol. The van der Waals surface area contributed by atoms with Crippen molar-refractivity contribution in [3.05, 3.63) is 64.5 Å². The topological polar surface area (TPSA) is 71.8 Å². The Morgan fingerprint density at radius 1 is 1.11 bits per heavy atom. The molecule has 3 aromatic rings. The molecule has 0 atom stereocenters. The zero-order valence-electron chi connectivity index (χ0n) is 15.7. The molecule has 1 aliphatic rings. The van der Waals surface area contributed by atoms with Crippen LogP contribution in [0.25, 0.3) is 11.0 Å². The fraction of sp³-hybridized carbons (Fsp3) is 0.273. The van der Waals surface area contributed by atoms with Crippen molar-refractivity contribution >= 4 is 28.3 Å². The minimum atomic E-state index is -0.573. The van der Waals surface area contributed by atoms with Gasteiger partial charge in [0.1, 0.15) is 11.3 Å². The number of hydrogen-bond acceptors (Lipinski definition) is 5. The van der Waals surface area contributed by atoms with Gasteiger partial charge >= 0.3 is 5.63 Å². The van der Waals surface area contributed by atoms with E-state index in [1.54, 1.807) is 18.2 Å². The number of amides is 1. The van der Waals surface area contributed by atoms with Gasteiger partial charge in [-0.3, -0.25) is 4.79 Å². The second-order valence-corrected chi connectivity index (χ2v) is 6.77. The van der Waals surface area contributed by atoms with Gasteiger partial charge in [0.15, 0.2) is 0 Å². The lowest BCUT2D eigenvalue weighted by Gasteiger charge is -2.17. The molecule has 0 unspecified atom stereocenters. The van der Waals surface area contributed by atoms with Gasteiger partial charge in [-0.05, 0) is 56.2 Å².